The molecule has 2 rings (SSSR count). The van der Waals surface area contributed by atoms with Crippen molar-refractivity contribution in [2.24, 2.45) is 0 Å². The molecule has 0 aliphatic rings. The lowest BCUT2D eigenvalue weighted by Crippen LogP contribution is -2.02. The number of aromatic nitrogens is 1. The van der Waals surface area contributed by atoms with Crippen LogP contribution in [0.3, 0.4) is 0 Å². The van der Waals surface area contributed by atoms with Crippen molar-refractivity contribution >= 4 is 22.7 Å². The molecule has 0 aliphatic heterocycles. The largest absolute Gasteiger partial charge is 0.374 e. The fourth-order valence-corrected chi connectivity index (χ4v) is 2.29. The Hall–Kier alpha value is -1.95. The number of nitrogens with one attached hydrogen (secondary N) is 1. The smallest absolute Gasteiger partial charge is 0.310 e. The number of aryl methyl sites for hydroxylation is 1. The molecule has 0 aromatic carbocycles. The van der Waals surface area contributed by atoms with Gasteiger partial charge in [-0.05, 0) is 30.0 Å². The topological polar surface area (TPSA) is 68.1 Å². The zero-order valence-corrected chi connectivity index (χ0v) is 10.0. The van der Waals surface area contributed by atoms with E-state index in [9.17, 15) is 10.1 Å². The summed E-state index contributed by atoms with van der Waals surface area (Å²) >= 11 is 1.64. The lowest BCUT2D eigenvalue weighted by atomic mass is 10.3. The molecule has 5 nitrogen and oxygen atoms in total. The Morgan fingerprint density at radius 1 is 1.53 bits per heavy atom. The number of nitro groups is 1. The Labute approximate surface area is 102 Å². The van der Waals surface area contributed by atoms with Crippen molar-refractivity contribution in [3.05, 3.63) is 50.5 Å². The van der Waals surface area contributed by atoms with Crippen LogP contribution in [0.15, 0.2) is 29.9 Å². The zero-order chi connectivity index (χ0) is 12.3. The standard InChI is InChI=1S/C11H11N3O2S/c1-8-3-5-17-11(8)7-13-9-2-4-12-6-10(9)14(15)16/h2-6H,7H2,1H3,(H,12,13). The Balaban J connectivity index is 2.14. The molecule has 0 radical (unpaired) electrons. The fraction of sp³-hybridized carbons (Fsp3) is 0.182. The summed E-state index contributed by atoms with van der Waals surface area (Å²) in [7, 11) is 0. The van der Waals surface area contributed by atoms with Crippen LogP contribution in [0, 0.1) is 17.0 Å². The van der Waals surface area contributed by atoms with Crippen LogP contribution in [-0.2, 0) is 6.54 Å². The van der Waals surface area contributed by atoms with Gasteiger partial charge < -0.3 is 5.32 Å². The average Bonchev–Trinajstić information content (AvgIpc) is 2.72. The normalized spacial score (nSPS) is 10.2. The van der Waals surface area contributed by atoms with Crippen molar-refractivity contribution in [1.29, 1.82) is 0 Å². The molecule has 0 fully saturated rings. The first-order valence-corrected chi connectivity index (χ1v) is 5.91. The fourth-order valence-electron chi connectivity index (χ4n) is 1.44. The first kappa shape index (κ1) is 11.5. The van der Waals surface area contributed by atoms with Crippen molar-refractivity contribution < 1.29 is 4.92 Å². The van der Waals surface area contributed by atoms with Crippen LogP contribution in [-0.4, -0.2) is 9.91 Å². The van der Waals surface area contributed by atoms with Crippen LogP contribution in [0.4, 0.5) is 11.4 Å². The quantitative estimate of drug-likeness (QED) is 0.668. The highest BCUT2D eigenvalue weighted by Crippen LogP contribution is 2.24. The van der Waals surface area contributed by atoms with Gasteiger partial charge in [0, 0.05) is 17.6 Å². The van der Waals surface area contributed by atoms with Gasteiger partial charge in [-0.25, -0.2) is 0 Å². The van der Waals surface area contributed by atoms with E-state index >= 15 is 0 Å². The number of rotatable bonds is 4. The second kappa shape index (κ2) is 4.92. The van der Waals surface area contributed by atoms with Gasteiger partial charge in [0.2, 0.25) is 0 Å². The minimum absolute atomic E-state index is 0.00158. The molecular weight excluding hydrogens is 238 g/mol. The highest BCUT2D eigenvalue weighted by Gasteiger charge is 2.13. The number of pyridine rings is 1. The molecule has 88 valence electrons. The molecule has 0 spiro atoms. The van der Waals surface area contributed by atoms with Crippen molar-refractivity contribution in [2.75, 3.05) is 5.32 Å². The molecule has 0 saturated heterocycles. The van der Waals surface area contributed by atoms with Gasteiger partial charge in [-0.3, -0.25) is 15.1 Å². The monoisotopic (exact) mass is 249 g/mol. The number of hydrogen-bond donors (Lipinski definition) is 1. The second-order valence-electron chi connectivity index (χ2n) is 3.53. The number of thiophene rings is 1. The Morgan fingerprint density at radius 2 is 2.35 bits per heavy atom. The Morgan fingerprint density at radius 3 is 3.00 bits per heavy atom. The molecule has 1 N–H and O–H groups in total. The molecule has 0 saturated carbocycles. The van der Waals surface area contributed by atoms with Gasteiger partial charge in [-0.2, -0.15) is 0 Å². The molecule has 2 aromatic rings. The molecule has 0 atom stereocenters. The van der Waals surface area contributed by atoms with Gasteiger partial charge in [-0.1, -0.05) is 0 Å². The number of anilines is 1. The summed E-state index contributed by atoms with van der Waals surface area (Å²) in [5, 5.41) is 15.9. The highest BCUT2D eigenvalue weighted by molar-refractivity contribution is 7.10. The van der Waals surface area contributed by atoms with Crippen molar-refractivity contribution in [3.8, 4) is 0 Å². The molecule has 0 amide bonds. The van der Waals surface area contributed by atoms with E-state index < -0.39 is 4.92 Å². The summed E-state index contributed by atoms with van der Waals surface area (Å²) in [5.41, 5.74) is 1.69. The predicted octanol–water partition coefficient (Wildman–Crippen LogP) is 2.97. The molecule has 2 aromatic heterocycles. The van der Waals surface area contributed by atoms with Gasteiger partial charge in [0.15, 0.2) is 0 Å². The lowest BCUT2D eigenvalue weighted by Gasteiger charge is -2.05. The molecule has 0 aliphatic carbocycles. The Bertz CT molecular complexity index is 539. The van der Waals surface area contributed by atoms with E-state index in [0.717, 1.165) is 0 Å². The van der Waals surface area contributed by atoms with E-state index in [0.29, 0.717) is 12.2 Å². The van der Waals surface area contributed by atoms with Crippen LogP contribution in [0.5, 0.6) is 0 Å². The first-order valence-electron chi connectivity index (χ1n) is 5.03. The highest BCUT2D eigenvalue weighted by atomic mass is 32.1. The van der Waals surface area contributed by atoms with Gasteiger partial charge in [0.1, 0.15) is 11.9 Å². The number of nitrogens with zero attached hydrogens (tertiary/aromatic N) is 2. The molecule has 17 heavy (non-hydrogen) atoms. The second-order valence-corrected chi connectivity index (χ2v) is 4.53. The summed E-state index contributed by atoms with van der Waals surface area (Å²) in [5.74, 6) is 0. The van der Waals surface area contributed by atoms with E-state index in [1.54, 1.807) is 17.4 Å². The van der Waals surface area contributed by atoms with E-state index in [2.05, 4.69) is 10.3 Å². The van der Waals surface area contributed by atoms with Crippen LogP contribution in [0.2, 0.25) is 0 Å². The lowest BCUT2D eigenvalue weighted by molar-refractivity contribution is -0.384. The summed E-state index contributed by atoms with van der Waals surface area (Å²) < 4.78 is 0. The maximum atomic E-state index is 10.8. The first-order chi connectivity index (χ1) is 8.18. The summed E-state index contributed by atoms with van der Waals surface area (Å²) in [4.78, 5) is 15.3. The van der Waals surface area contributed by atoms with Gasteiger partial charge >= 0.3 is 5.69 Å². The molecular formula is C11H11N3O2S. The van der Waals surface area contributed by atoms with Gasteiger partial charge in [0.25, 0.3) is 0 Å². The van der Waals surface area contributed by atoms with Crippen molar-refractivity contribution in [1.82, 2.24) is 4.98 Å². The molecule has 0 bridgehead atoms. The van der Waals surface area contributed by atoms with E-state index in [4.69, 9.17) is 0 Å². The molecule has 0 unspecified atom stereocenters. The summed E-state index contributed by atoms with van der Waals surface area (Å²) in [6.45, 7) is 2.61. The third-order valence-electron chi connectivity index (χ3n) is 2.40. The van der Waals surface area contributed by atoms with Crippen molar-refractivity contribution in [3.63, 3.8) is 0 Å². The van der Waals surface area contributed by atoms with E-state index in [1.807, 2.05) is 18.4 Å². The van der Waals surface area contributed by atoms with E-state index in [-0.39, 0.29) is 5.69 Å². The van der Waals surface area contributed by atoms with Gasteiger partial charge in [-0.15, -0.1) is 11.3 Å². The summed E-state index contributed by atoms with van der Waals surface area (Å²) in [6, 6.07) is 3.64. The van der Waals surface area contributed by atoms with Gasteiger partial charge in [0.05, 0.1) is 4.92 Å². The SMILES string of the molecule is Cc1ccsc1CNc1ccncc1[N+](=O)[O-]. The predicted molar refractivity (Wildman–Crippen MR) is 67.3 cm³/mol. The maximum absolute atomic E-state index is 10.8. The van der Waals surface area contributed by atoms with E-state index in [1.165, 1.54) is 22.8 Å². The van der Waals surface area contributed by atoms with Crippen LogP contribution >= 0.6 is 11.3 Å². The molecule has 2 heterocycles. The van der Waals surface area contributed by atoms with Crippen LogP contribution in [0.1, 0.15) is 10.4 Å². The summed E-state index contributed by atoms with van der Waals surface area (Å²) in [6.07, 6.45) is 2.79. The third kappa shape index (κ3) is 2.59. The minimum atomic E-state index is -0.434. The third-order valence-corrected chi connectivity index (χ3v) is 3.43. The Kier molecular flexibility index (Phi) is 3.34. The molecule has 6 heteroatoms. The van der Waals surface area contributed by atoms with Crippen molar-refractivity contribution in [2.45, 2.75) is 13.5 Å². The minimum Gasteiger partial charge on any atom is -0.374 e. The van der Waals surface area contributed by atoms with Crippen LogP contribution < -0.4 is 5.32 Å². The number of hydrogen-bond acceptors (Lipinski definition) is 5. The maximum Gasteiger partial charge on any atom is 0.310 e. The average molecular weight is 249 g/mol. The van der Waals surface area contributed by atoms with Crippen LogP contribution in [0.25, 0.3) is 0 Å². The zero-order valence-electron chi connectivity index (χ0n) is 9.21.